The van der Waals surface area contributed by atoms with E-state index < -0.39 is 11.9 Å². The van der Waals surface area contributed by atoms with Gasteiger partial charge >= 0.3 is 11.9 Å². The van der Waals surface area contributed by atoms with Crippen molar-refractivity contribution in [1.82, 2.24) is 24.9 Å². The first-order valence-electron chi connectivity index (χ1n) is 12.3. The molecule has 1 aromatic heterocycles. The van der Waals surface area contributed by atoms with Crippen LogP contribution in [0.3, 0.4) is 0 Å². The van der Waals surface area contributed by atoms with Gasteiger partial charge in [0.2, 0.25) is 0 Å². The van der Waals surface area contributed by atoms with E-state index >= 15 is 0 Å². The third-order valence-electron chi connectivity index (χ3n) is 6.02. The molecule has 0 radical (unpaired) electrons. The Morgan fingerprint density at radius 2 is 1.72 bits per heavy atom. The minimum Gasteiger partial charge on any atom is -0.478 e. The van der Waals surface area contributed by atoms with E-state index in [0.29, 0.717) is 23.8 Å². The maximum Gasteiger partial charge on any atom is 0.328 e. The molecule has 0 bridgehead atoms. The first kappa shape index (κ1) is 29.0. The second-order valence-electron chi connectivity index (χ2n) is 9.57. The van der Waals surface area contributed by atoms with Gasteiger partial charge in [0.15, 0.2) is 5.69 Å². The van der Waals surface area contributed by atoms with Gasteiger partial charge < -0.3 is 25.3 Å². The molecule has 1 fully saturated rings. The lowest BCUT2D eigenvalue weighted by atomic mass is 9.96. The standard InChI is InChI=1S/C22H35N5O.C4H4O4/c1-17(2)27-20-9-6-5-8-19(20)21(24-27)22(28)23-16-18-10-14-26(15-11-18)13-7-12-25(3)4;5-3(6)1-2-4(7)8/h5-6,8-9,17-18H,7,10-16H2,1-4H3,(H,23,28);1-2H,(H,5,6)(H,7,8)/b;2-1-. The van der Waals surface area contributed by atoms with Gasteiger partial charge in [-0.1, -0.05) is 18.2 Å². The van der Waals surface area contributed by atoms with Crippen molar-refractivity contribution in [2.24, 2.45) is 5.92 Å². The lowest BCUT2D eigenvalue weighted by molar-refractivity contribution is -0.134. The number of nitrogens with one attached hydrogen (secondary N) is 1. The summed E-state index contributed by atoms with van der Waals surface area (Å²) in [5, 5.41) is 24.3. The fraction of sp³-hybridized carbons (Fsp3) is 0.538. The van der Waals surface area contributed by atoms with Crippen LogP contribution in [0, 0.1) is 5.92 Å². The highest BCUT2D eigenvalue weighted by Crippen LogP contribution is 2.22. The number of piperidine rings is 1. The summed E-state index contributed by atoms with van der Waals surface area (Å²) in [6.45, 7) is 9.52. The molecule has 0 unspecified atom stereocenters. The number of aromatic nitrogens is 2. The van der Waals surface area contributed by atoms with Crippen LogP contribution in [0.15, 0.2) is 36.4 Å². The molecule has 1 aliphatic heterocycles. The molecule has 36 heavy (non-hydrogen) atoms. The second-order valence-corrected chi connectivity index (χ2v) is 9.57. The minimum atomic E-state index is -1.26. The number of carbonyl (C=O) groups excluding carboxylic acids is 1. The van der Waals surface area contributed by atoms with Crippen LogP contribution in [0.25, 0.3) is 10.9 Å². The van der Waals surface area contributed by atoms with Crippen LogP contribution in [0.2, 0.25) is 0 Å². The molecule has 1 saturated heterocycles. The fourth-order valence-electron chi connectivity index (χ4n) is 4.14. The van der Waals surface area contributed by atoms with Crippen molar-refractivity contribution < 1.29 is 24.6 Å². The monoisotopic (exact) mass is 501 g/mol. The molecule has 0 atom stereocenters. The molecule has 1 amide bonds. The van der Waals surface area contributed by atoms with Crippen LogP contribution in [0.4, 0.5) is 0 Å². The Morgan fingerprint density at radius 3 is 2.28 bits per heavy atom. The number of hydrogen-bond acceptors (Lipinski definition) is 6. The van der Waals surface area contributed by atoms with Crippen molar-refractivity contribution >= 4 is 28.7 Å². The summed E-state index contributed by atoms with van der Waals surface area (Å²) in [5.74, 6) is -2.00. The van der Waals surface area contributed by atoms with E-state index in [9.17, 15) is 14.4 Å². The van der Waals surface area contributed by atoms with Gasteiger partial charge in [-0.05, 0) is 85.4 Å². The number of carbonyl (C=O) groups is 3. The zero-order valence-corrected chi connectivity index (χ0v) is 21.7. The molecule has 2 aromatic rings. The zero-order valence-electron chi connectivity index (χ0n) is 21.7. The Kier molecular flexibility index (Phi) is 11.6. The number of nitrogens with zero attached hydrogens (tertiary/aromatic N) is 4. The Balaban J connectivity index is 0.000000493. The molecule has 10 heteroatoms. The first-order valence-corrected chi connectivity index (χ1v) is 12.3. The number of hydrogen-bond donors (Lipinski definition) is 3. The maximum absolute atomic E-state index is 12.8. The Morgan fingerprint density at radius 1 is 1.11 bits per heavy atom. The Bertz CT molecular complexity index is 1020. The number of carboxylic acid groups (broad SMARTS) is 2. The fourth-order valence-corrected chi connectivity index (χ4v) is 4.14. The van der Waals surface area contributed by atoms with E-state index in [-0.39, 0.29) is 11.9 Å². The lowest BCUT2D eigenvalue weighted by Gasteiger charge is -2.32. The summed E-state index contributed by atoms with van der Waals surface area (Å²) < 4.78 is 1.94. The average molecular weight is 502 g/mol. The van der Waals surface area contributed by atoms with E-state index in [0.717, 1.165) is 49.9 Å². The minimum absolute atomic E-state index is 0.0518. The third kappa shape index (κ3) is 9.43. The number of rotatable bonds is 10. The predicted octanol–water partition coefficient (Wildman–Crippen LogP) is 2.72. The molecular formula is C26H39N5O5. The number of amides is 1. The number of fused-ring (bicyclic) bond motifs is 1. The molecule has 0 saturated carbocycles. The van der Waals surface area contributed by atoms with Crippen LogP contribution < -0.4 is 5.32 Å². The molecule has 198 valence electrons. The summed E-state index contributed by atoms with van der Waals surface area (Å²) in [5.41, 5.74) is 1.57. The third-order valence-corrected chi connectivity index (χ3v) is 6.02. The predicted molar refractivity (Wildman–Crippen MR) is 139 cm³/mol. The number of aliphatic carboxylic acids is 2. The molecule has 0 spiro atoms. The molecule has 2 heterocycles. The Labute approximate surface area is 212 Å². The molecule has 3 rings (SSSR count). The summed E-state index contributed by atoms with van der Waals surface area (Å²) in [4.78, 5) is 36.7. The van der Waals surface area contributed by atoms with E-state index in [2.05, 4.69) is 48.2 Å². The second kappa shape index (κ2) is 14.4. The number of para-hydroxylation sites is 1. The van der Waals surface area contributed by atoms with Crippen LogP contribution >= 0.6 is 0 Å². The highest BCUT2D eigenvalue weighted by atomic mass is 16.4. The summed E-state index contributed by atoms with van der Waals surface area (Å²) >= 11 is 0. The van der Waals surface area contributed by atoms with Crippen molar-refractivity contribution in [3.05, 3.63) is 42.1 Å². The molecule has 0 aliphatic carbocycles. The Hall–Kier alpha value is -3.24. The SMILES string of the molecule is CC(C)n1nc(C(=O)NCC2CCN(CCCN(C)C)CC2)c2ccccc21.O=C(O)/C=C\C(=O)O. The van der Waals surface area contributed by atoms with Gasteiger partial charge in [0.1, 0.15) is 0 Å². The van der Waals surface area contributed by atoms with Crippen LogP contribution in [-0.4, -0.2) is 94.5 Å². The first-order chi connectivity index (χ1) is 17.1. The normalized spacial score (nSPS) is 14.8. The van der Waals surface area contributed by atoms with Gasteiger partial charge in [0.25, 0.3) is 5.91 Å². The van der Waals surface area contributed by atoms with Crippen molar-refractivity contribution in [1.29, 1.82) is 0 Å². The van der Waals surface area contributed by atoms with Gasteiger partial charge in [0.05, 0.1) is 5.52 Å². The van der Waals surface area contributed by atoms with Crippen LogP contribution in [0.5, 0.6) is 0 Å². The van der Waals surface area contributed by atoms with Crippen LogP contribution in [0.1, 0.15) is 49.6 Å². The molecule has 1 aromatic carbocycles. The topological polar surface area (TPSA) is 128 Å². The largest absolute Gasteiger partial charge is 0.478 e. The summed E-state index contributed by atoms with van der Waals surface area (Å²) in [7, 11) is 4.25. The highest BCUT2D eigenvalue weighted by molar-refractivity contribution is 6.04. The van der Waals surface area contributed by atoms with Crippen molar-refractivity contribution in [2.45, 2.75) is 39.2 Å². The lowest BCUT2D eigenvalue weighted by Crippen LogP contribution is -2.39. The van der Waals surface area contributed by atoms with Gasteiger partial charge in [-0.15, -0.1) is 0 Å². The highest BCUT2D eigenvalue weighted by Gasteiger charge is 2.22. The van der Waals surface area contributed by atoms with Gasteiger partial charge in [0, 0.05) is 30.1 Å². The van der Waals surface area contributed by atoms with E-state index in [1.165, 1.54) is 13.0 Å². The quantitative estimate of drug-likeness (QED) is 0.424. The van der Waals surface area contributed by atoms with Crippen molar-refractivity contribution in [3.8, 4) is 0 Å². The molecule has 3 N–H and O–H groups in total. The van der Waals surface area contributed by atoms with Gasteiger partial charge in [-0.2, -0.15) is 5.10 Å². The molecule has 1 aliphatic rings. The van der Waals surface area contributed by atoms with Gasteiger partial charge in [-0.25, -0.2) is 9.59 Å². The summed E-state index contributed by atoms with van der Waals surface area (Å²) in [6.07, 6.45) is 4.65. The van der Waals surface area contributed by atoms with E-state index in [4.69, 9.17) is 10.2 Å². The number of likely N-dealkylation sites (tertiary alicyclic amines) is 1. The summed E-state index contributed by atoms with van der Waals surface area (Å²) in [6, 6.07) is 8.21. The number of carboxylic acids is 2. The number of benzene rings is 1. The smallest absolute Gasteiger partial charge is 0.328 e. The maximum atomic E-state index is 12.8. The zero-order chi connectivity index (χ0) is 26.7. The van der Waals surface area contributed by atoms with Crippen molar-refractivity contribution in [2.75, 3.05) is 46.8 Å². The van der Waals surface area contributed by atoms with Crippen LogP contribution in [-0.2, 0) is 9.59 Å². The average Bonchev–Trinajstić information content (AvgIpc) is 3.22. The van der Waals surface area contributed by atoms with E-state index in [1.54, 1.807) is 0 Å². The molecule has 10 nitrogen and oxygen atoms in total. The van der Waals surface area contributed by atoms with Crippen molar-refractivity contribution in [3.63, 3.8) is 0 Å². The van der Waals surface area contributed by atoms with Gasteiger partial charge in [-0.3, -0.25) is 9.48 Å². The molecular weight excluding hydrogens is 462 g/mol. The van der Waals surface area contributed by atoms with E-state index in [1.807, 2.05) is 28.9 Å².